The number of benzene rings is 1. The number of hydrogen-bond donors (Lipinski definition) is 0. The maximum Gasteiger partial charge on any atom is 0.164 e. The fraction of sp³-hybridized carbons (Fsp3) is 0.619. The maximum absolute atomic E-state index is 14.3. The molecule has 0 radical (unpaired) electrons. The second-order valence-electron chi connectivity index (χ2n) is 7.68. The van der Waals surface area contributed by atoms with Crippen molar-refractivity contribution in [2.75, 3.05) is 6.61 Å². The maximum atomic E-state index is 14.3. The Hall–Kier alpha value is -1.22. The third-order valence-electron chi connectivity index (χ3n) is 6.31. The fourth-order valence-electron chi connectivity index (χ4n) is 4.98. The van der Waals surface area contributed by atoms with Gasteiger partial charge in [-0.05, 0) is 55.4 Å². The first-order valence-corrected chi connectivity index (χ1v) is 9.46. The Balaban J connectivity index is 1.40. The SMILES string of the molecule is CCCC1CCC2C(CCc3ccc(C4CO4)c(F)c3F)=CCC12. The lowest BCUT2D eigenvalue weighted by molar-refractivity contribution is 0.338. The van der Waals surface area contributed by atoms with Crippen LogP contribution in [0.25, 0.3) is 0 Å². The second-order valence-corrected chi connectivity index (χ2v) is 7.68. The number of ether oxygens (including phenoxy) is 1. The molecule has 1 aliphatic heterocycles. The summed E-state index contributed by atoms with van der Waals surface area (Å²) in [6.45, 7) is 2.77. The third-order valence-corrected chi connectivity index (χ3v) is 6.31. The molecule has 130 valence electrons. The molecule has 1 heterocycles. The van der Waals surface area contributed by atoms with E-state index in [2.05, 4.69) is 13.0 Å². The summed E-state index contributed by atoms with van der Waals surface area (Å²) in [6, 6.07) is 3.45. The summed E-state index contributed by atoms with van der Waals surface area (Å²) in [4.78, 5) is 0. The minimum Gasteiger partial charge on any atom is -0.368 e. The van der Waals surface area contributed by atoms with Gasteiger partial charge in [0.2, 0.25) is 0 Å². The first-order chi connectivity index (χ1) is 11.7. The van der Waals surface area contributed by atoms with Crippen molar-refractivity contribution in [3.05, 3.63) is 46.5 Å². The standard InChI is InChI=1S/C21H26F2O/c1-2-3-13-6-9-17-14(7-10-16(13)17)4-5-15-8-11-18(19-12-24-19)21(23)20(15)22/h7-8,11,13,16-17,19H,2-6,9-10,12H2,1H3. The monoisotopic (exact) mass is 332 g/mol. The van der Waals surface area contributed by atoms with Gasteiger partial charge in [-0.2, -0.15) is 0 Å². The van der Waals surface area contributed by atoms with E-state index in [1.807, 2.05) is 0 Å². The van der Waals surface area contributed by atoms with Crippen LogP contribution in [-0.4, -0.2) is 6.61 Å². The van der Waals surface area contributed by atoms with Crippen molar-refractivity contribution < 1.29 is 13.5 Å². The molecule has 1 saturated carbocycles. The molecule has 0 bridgehead atoms. The Bertz CT molecular complexity index is 647. The van der Waals surface area contributed by atoms with Crippen LogP contribution < -0.4 is 0 Å². The van der Waals surface area contributed by atoms with Crippen molar-refractivity contribution in [1.82, 2.24) is 0 Å². The number of aryl methyl sites for hydroxylation is 1. The predicted octanol–water partition coefficient (Wildman–Crippen LogP) is 5.74. The number of hydrogen-bond acceptors (Lipinski definition) is 1. The molecular formula is C21H26F2O. The van der Waals surface area contributed by atoms with Crippen LogP contribution in [-0.2, 0) is 11.2 Å². The van der Waals surface area contributed by atoms with Gasteiger partial charge in [-0.25, -0.2) is 8.78 Å². The molecule has 4 atom stereocenters. The highest BCUT2D eigenvalue weighted by Gasteiger charge is 2.39. The van der Waals surface area contributed by atoms with Crippen LogP contribution in [0.15, 0.2) is 23.8 Å². The minimum absolute atomic E-state index is 0.235. The largest absolute Gasteiger partial charge is 0.368 e. The number of halogens is 2. The topological polar surface area (TPSA) is 12.5 Å². The van der Waals surface area contributed by atoms with Gasteiger partial charge in [0.25, 0.3) is 0 Å². The van der Waals surface area contributed by atoms with Crippen molar-refractivity contribution in [2.45, 2.75) is 58.0 Å². The van der Waals surface area contributed by atoms with Gasteiger partial charge >= 0.3 is 0 Å². The van der Waals surface area contributed by atoms with Crippen LogP contribution in [0.4, 0.5) is 8.78 Å². The van der Waals surface area contributed by atoms with E-state index in [4.69, 9.17) is 4.74 Å². The van der Waals surface area contributed by atoms with Gasteiger partial charge < -0.3 is 4.74 Å². The lowest BCUT2D eigenvalue weighted by Gasteiger charge is -2.19. The van der Waals surface area contributed by atoms with E-state index < -0.39 is 11.6 Å². The van der Waals surface area contributed by atoms with E-state index in [0.29, 0.717) is 30.1 Å². The summed E-state index contributed by atoms with van der Waals surface area (Å²) in [5.41, 5.74) is 2.37. The van der Waals surface area contributed by atoms with Gasteiger partial charge in [0.15, 0.2) is 11.6 Å². The van der Waals surface area contributed by atoms with Gasteiger partial charge in [0.1, 0.15) is 6.10 Å². The zero-order valence-corrected chi connectivity index (χ0v) is 14.4. The van der Waals surface area contributed by atoms with E-state index in [9.17, 15) is 8.78 Å². The molecule has 3 aliphatic rings. The Morgan fingerprint density at radius 1 is 1.12 bits per heavy atom. The first kappa shape index (κ1) is 16.3. The lowest BCUT2D eigenvalue weighted by atomic mass is 9.85. The average molecular weight is 332 g/mol. The lowest BCUT2D eigenvalue weighted by Crippen LogP contribution is -2.11. The van der Waals surface area contributed by atoms with E-state index in [-0.39, 0.29) is 6.10 Å². The molecule has 3 heteroatoms. The van der Waals surface area contributed by atoms with Crippen LogP contribution in [0.5, 0.6) is 0 Å². The van der Waals surface area contributed by atoms with Crippen LogP contribution in [0.2, 0.25) is 0 Å². The highest BCUT2D eigenvalue weighted by atomic mass is 19.2. The molecule has 1 aromatic carbocycles. The molecule has 1 aromatic rings. The molecular weight excluding hydrogens is 306 g/mol. The summed E-state index contributed by atoms with van der Waals surface area (Å²) < 4.78 is 33.5. The fourth-order valence-corrected chi connectivity index (χ4v) is 4.98. The predicted molar refractivity (Wildman–Crippen MR) is 90.7 cm³/mol. The highest BCUT2D eigenvalue weighted by Crippen LogP contribution is 2.50. The number of rotatable bonds is 6. The number of epoxide rings is 1. The Kier molecular flexibility index (Phi) is 4.46. The Labute approximate surface area is 143 Å². The van der Waals surface area contributed by atoms with E-state index in [1.165, 1.54) is 37.7 Å². The van der Waals surface area contributed by atoms with Crippen molar-refractivity contribution in [2.24, 2.45) is 17.8 Å². The Morgan fingerprint density at radius 3 is 2.71 bits per heavy atom. The van der Waals surface area contributed by atoms with Gasteiger partial charge in [0, 0.05) is 5.56 Å². The van der Waals surface area contributed by atoms with Crippen molar-refractivity contribution in [3.63, 3.8) is 0 Å². The van der Waals surface area contributed by atoms with Gasteiger partial charge in [-0.3, -0.25) is 0 Å². The van der Waals surface area contributed by atoms with Crippen molar-refractivity contribution in [3.8, 4) is 0 Å². The molecule has 0 aromatic heterocycles. The Morgan fingerprint density at radius 2 is 1.96 bits per heavy atom. The third kappa shape index (κ3) is 2.92. The van der Waals surface area contributed by atoms with E-state index in [1.54, 1.807) is 12.1 Å². The zero-order valence-electron chi connectivity index (χ0n) is 14.4. The van der Waals surface area contributed by atoms with Crippen LogP contribution in [0.3, 0.4) is 0 Å². The van der Waals surface area contributed by atoms with Crippen LogP contribution in [0.1, 0.15) is 62.7 Å². The molecule has 4 rings (SSSR count). The summed E-state index contributed by atoms with van der Waals surface area (Å²) >= 11 is 0. The normalized spacial score (nSPS) is 31.2. The molecule has 0 amide bonds. The second kappa shape index (κ2) is 6.59. The molecule has 0 N–H and O–H groups in total. The molecule has 4 unspecified atom stereocenters. The zero-order chi connectivity index (χ0) is 16.7. The average Bonchev–Trinajstić information content (AvgIpc) is 3.22. The molecule has 0 spiro atoms. The van der Waals surface area contributed by atoms with Gasteiger partial charge in [0.05, 0.1) is 6.61 Å². The number of allylic oxidation sites excluding steroid dienone is 2. The molecule has 1 nitrogen and oxygen atoms in total. The summed E-state index contributed by atoms with van der Waals surface area (Å²) in [5.74, 6) is 1.01. The van der Waals surface area contributed by atoms with E-state index >= 15 is 0 Å². The first-order valence-electron chi connectivity index (χ1n) is 9.46. The smallest absolute Gasteiger partial charge is 0.164 e. The van der Waals surface area contributed by atoms with Crippen LogP contribution >= 0.6 is 0 Å². The summed E-state index contributed by atoms with van der Waals surface area (Å²) in [5, 5.41) is 0. The molecule has 2 fully saturated rings. The van der Waals surface area contributed by atoms with E-state index in [0.717, 1.165) is 18.3 Å². The molecule has 2 aliphatic carbocycles. The van der Waals surface area contributed by atoms with Crippen LogP contribution in [0, 0.1) is 29.4 Å². The summed E-state index contributed by atoms with van der Waals surface area (Å²) in [6.07, 6.45) is 10.1. The summed E-state index contributed by atoms with van der Waals surface area (Å²) in [7, 11) is 0. The number of fused-ring (bicyclic) bond motifs is 1. The molecule has 24 heavy (non-hydrogen) atoms. The van der Waals surface area contributed by atoms with Crippen molar-refractivity contribution >= 4 is 0 Å². The van der Waals surface area contributed by atoms with Crippen molar-refractivity contribution in [1.29, 1.82) is 0 Å². The highest BCUT2D eigenvalue weighted by molar-refractivity contribution is 5.30. The van der Waals surface area contributed by atoms with Gasteiger partial charge in [-0.1, -0.05) is 43.5 Å². The van der Waals surface area contributed by atoms with Gasteiger partial charge in [-0.15, -0.1) is 0 Å². The quantitative estimate of drug-likeness (QED) is 0.478. The minimum atomic E-state index is -0.711. The molecule has 1 saturated heterocycles.